The molecule has 1 rings (SSSR count). The first-order chi connectivity index (χ1) is 9.56. The standard InChI is InChI=1S/C15H24FN3O.HI/c1-4-17-15(18-9-12(2)11-20)19(3)10-13-6-5-7-14(16)8-13;/h5-8,12,20H,4,9-11H2,1-3H3,(H,17,18);1H. The number of halogens is 2. The first-order valence-corrected chi connectivity index (χ1v) is 6.91. The van der Waals surface area contributed by atoms with Gasteiger partial charge in [-0.1, -0.05) is 19.1 Å². The molecule has 120 valence electrons. The fraction of sp³-hybridized carbons (Fsp3) is 0.533. The van der Waals surface area contributed by atoms with Crippen LogP contribution in [-0.2, 0) is 6.54 Å². The third kappa shape index (κ3) is 7.61. The number of aliphatic hydroxyl groups excluding tert-OH is 1. The molecule has 2 N–H and O–H groups in total. The maximum atomic E-state index is 13.2. The van der Waals surface area contributed by atoms with E-state index in [4.69, 9.17) is 5.11 Å². The molecule has 0 amide bonds. The lowest BCUT2D eigenvalue weighted by Gasteiger charge is -2.22. The van der Waals surface area contributed by atoms with E-state index in [0.717, 1.165) is 18.1 Å². The molecule has 1 aromatic carbocycles. The van der Waals surface area contributed by atoms with E-state index in [9.17, 15) is 4.39 Å². The van der Waals surface area contributed by atoms with Gasteiger partial charge in [0.25, 0.3) is 0 Å². The topological polar surface area (TPSA) is 47.9 Å². The van der Waals surface area contributed by atoms with Gasteiger partial charge in [0.1, 0.15) is 5.82 Å². The highest BCUT2D eigenvalue weighted by atomic mass is 127. The van der Waals surface area contributed by atoms with Gasteiger partial charge in [-0.2, -0.15) is 0 Å². The lowest BCUT2D eigenvalue weighted by molar-refractivity contribution is 0.241. The van der Waals surface area contributed by atoms with Crippen molar-refractivity contribution in [1.29, 1.82) is 0 Å². The second kappa shape index (κ2) is 10.8. The summed E-state index contributed by atoms with van der Waals surface area (Å²) in [5.41, 5.74) is 0.897. The van der Waals surface area contributed by atoms with Crippen LogP contribution < -0.4 is 5.32 Å². The first-order valence-electron chi connectivity index (χ1n) is 6.91. The van der Waals surface area contributed by atoms with Gasteiger partial charge in [-0.3, -0.25) is 4.99 Å². The summed E-state index contributed by atoms with van der Waals surface area (Å²) in [6.07, 6.45) is 0. The summed E-state index contributed by atoms with van der Waals surface area (Å²) in [5.74, 6) is 0.662. The molecule has 1 unspecified atom stereocenters. The summed E-state index contributed by atoms with van der Waals surface area (Å²) in [6.45, 7) is 5.97. The van der Waals surface area contributed by atoms with Crippen molar-refractivity contribution in [1.82, 2.24) is 10.2 Å². The number of nitrogens with one attached hydrogen (secondary N) is 1. The molecule has 1 atom stereocenters. The fourth-order valence-electron chi connectivity index (χ4n) is 1.75. The molecule has 0 heterocycles. The minimum Gasteiger partial charge on any atom is -0.396 e. The lowest BCUT2D eigenvalue weighted by atomic mass is 10.2. The normalized spacial score (nSPS) is 12.5. The average molecular weight is 409 g/mol. The van der Waals surface area contributed by atoms with Gasteiger partial charge in [0.15, 0.2) is 5.96 Å². The molecular weight excluding hydrogens is 384 g/mol. The SMILES string of the molecule is CCNC(=NCC(C)CO)N(C)Cc1cccc(F)c1.I. The molecular formula is C15H25FIN3O. The third-order valence-corrected chi connectivity index (χ3v) is 2.87. The Morgan fingerprint density at radius 2 is 2.19 bits per heavy atom. The van der Waals surface area contributed by atoms with Crippen LogP contribution in [0.3, 0.4) is 0 Å². The zero-order valence-electron chi connectivity index (χ0n) is 12.8. The van der Waals surface area contributed by atoms with Crippen molar-refractivity contribution in [3.8, 4) is 0 Å². The number of hydrogen-bond donors (Lipinski definition) is 2. The molecule has 0 aromatic heterocycles. The van der Waals surface area contributed by atoms with Crippen molar-refractivity contribution >= 4 is 29.9 Å². The first kappa shape index (κ1) is 20.1. The van der Waals surface area contributed by atoms with Crippen LogP contribution in [0.2, 0.25) is 0 Å². The molecule has 4 nitrogen and oxygen atoms in total. The molecule has 0 aliphatic heterocycles. The smallest absolute Gasteiger partial charge is 0.193 e. The molecule has 0 aliphatic carbocycles. The van der Waals surface area contributed by atoms with Crippen LogP contribution >= 0.6 is 24.0 Å². The van der Waals surface area contributed by atoms with Gasteiger partial charge < -0.3 is 15.3 Å². The van der Waals surface area contributed by atoms with Crippen LogP contribution in [0.15, 0.2) is 29.3 Å². The lowest BCUT2D eigenvalue weighted by Crippen LogP contribution is -2.38. The second-order valence-corrected chi connectivity index (χ2v) is 4.97. The van der Waals surface area contributed by atoms with Gasteiger partial charge in [0, 0.05) is 33.3 Å². The molecule has 0 aliphatic rings. The van der Waals surface area contributed by atoms with Crippen LogP contribution in [0, 0.1) is 11.7 Å². The fourth-order valence-corrected chi connectivity index (χ4v) is 1.75. The van der Waals surface area contributed by atoms with Crippen molar-refractivity contribution in [2.45, 2.75) is 20.4 Å². The highest BCUT2D eigenvalue weighted by Gasteiger charge is 2.08. The molecule has 0 saturated heterocycles. The molecule has 6 heteroatoms. The van der Waals surface area contributed by atoms with E-state index in [-0.39, 0.29) is 42.3 Å². The zero-order chi connectivity index (χ0) is 15.0. The van der Waals surface area contributed by atoms with E-state index < -0.39 is 0 Å². The van der Waals surface area contributed by atoms with Crippen LogP contribution in [-0.4, -0.2) is 42.7 Å². The van der Waals surface area contributed by atoms with Gasteiger partial charge in [-0.15, -0.1) is 24.0 Å². The van der Waals surface area contributed by atoms with Crippen molar-refractivity contribution in [3.63, 3.8) is 0 Å². The Kier molecular flexibility index (Phi) is 10.3. The molecule has 0 bridgehead atoms. The molecule has 0 spiro atoms. The number of aliphatic hydroxyl groups is 1. The number of rotatable bonds is 6. The Balaban J connectivity index is 0.00000400. The van der Waals surface area contributed by atoms with E-state index in [1.807, 2.05) is 31.9 Å². The van der Waals surface area contributed by atoms with Gasteiger partial charge >= 0.3 is 0 Å². The summed E-state index contributed by atoms with van der Waals surface area (Å²) in [6, 6.07) is 6.55. The maximum absolute atomic E-state index is 13.2. The summed E-state index contributed by atoms with van der Waals surface area (Å²) in [7, 11) is 1.91. The zero-order valence-corrected chi connectivity index (χ0v) is 15.2. The van der Waals surface area contributed by atoms with E-state index >= 15 is 0 Å². The number of aliphatic imine (C=N–C) groups is 1. The van der Waals surface area contributed by atoms with E-state index in [1.165, 1.54) is 12.1 Å². The van der Waals surface area contributed by atoms with E-state index in [0.29, 0.717) is 13.1 Å². The van der Waals surface area contributed by atoms with Crippen LogP contribution in [0.4, 0.5) is 4.39 Å². The summed E-state index contributed by atoms with van der Waals surface area (Å²) >= 11 is 0. The minimum atomic E-state index is -0.230. The van der Waals surface area contributed by atoms with Crippen molar-refractivity contribution in [2.24, 2.45) is 10.9 Å². The van der Waals surface area contributed by atoms with E-state index in [1.54, 1.807) is 6.07 Å². The van der Waals surface area contributed by atoms with Crippen LogP contribution in [0.25, 0.3) is 0 Å². The predicted molar refractivity (Wildman–Crippen MR) is 95.5 cm³/mol. The summed E-state index contributed by atoms with van der Waals surface area (Å²) in [4.78, 5) is 6.43. The Morgan fingerprint density at radius 3 is 2.76 bits per heavy atom. The minimum absolute atomic E-state index is 0. The third-order valence-electron chi connectivity index (χ3n) is 2.87. The molecule has 1 aromatic rings. The molecule has 21 heavy (non-hydrogen) atoms. The highest BCUT2D eigenvalue weighted by molar-refractivity contribution is 14.0. The quantitative estimate of drug-likeness (QED) is 0.431. The number of benzene rings is 1. The Morgan fingerprint density at radius 1 is 1.48 bits per heavy atom. The average Bonchev–Trinajstić information content (AvgIpc) is 2.42. The monoisotopic (exact) mass is 409 g/mol. The molecule has 0 saturated carbocycles. The van der Waals surface area contributed by atoms with Gasteiger partial charge in [-0.05, 0) is 30.5 Å². The number of guanidine groups is 1. The van der Waals surface area contributed by atoms with Crippen LogP contribution in [0.1, 0.15) is 19.4 Å². The van der Waals surface area contributed by atoms with Gasteiger partial charge in [0.05, 0.1) is 0 Å². The largest absolute Gasteiger partial charge is 0.396 e. The summed E-state index contributed by atoms with van der Waals surface area (Å²) < 4.78 is 13.2. The Hall–Kier alpha value is -0.890. The predicted octanol–water partition coefficient (Wildman–Crippen LogP) is 2.47. The van der Waals surface area contributed by atoms with Gasteiger partial charge in [0.2, 0.25) is 0 Å². The van der Waals surface area contributed by atoms with Crippen molar-refractivity contribution in [3.05, 3.63) is 35.6 Å². The van der Waals surface area contributed by atoms with Crippen LogP contribution in [0.5, 0.6) is 0 Å². The van der Waals surface area contributed by atoms with Crippen molar-refractivity contribution < 1.29 is 9.50 Å². The summed E-state index contributed by atoms with van der Waals surface area (Å²) in [5, 5.41) is 12.2. The van der Waals surface area contributed by atoms with E-state index in [2.05, 4.69) is 10.3 Å². The van der Waals surface area contributed by atoms with Crippen molar-refractivity contribution in [2.75, 3.05) is 26.7 Å². The second-order valence-electron chi connectivity index (χ2n) is 4.97. The Bertz CT molecular complexity index is 443. The molecule has 0 fully saturated rings. The number of hydrogen-bond acceptors (Lipinski definition) is 2. The maximum Gasteiger partial charge on any atom is 0.193 e. The number of nitrogens with zero attached hydrogens (tertiary/aromatic N) is 2. The molecule has 0 radical (unpaired) electrons. The highest BCUT2D eigenvalue weighted by Crippen LogP contribution is 2.06. The van der Waals surface area contributed by atoms with Gasteiger partial charge in [-0.25, -0.2) is 4.39 Å². The Labute approximate surface area is 143 Å².